The maximum absolute atomic E-state index is 11.8. The Morgan fingerprint density at radius 3 is 2.40 bits per heavy atom. The highest BCUT2D eigenvalue weighted by atomic mass is 16.4. The Hall–Kier alpha value is -1.30. The third-order valence-corrected chi connectivity index (χ3v) is 3.70. The van der Waals surface area contributed by atoms with E-state index >= 15 is 0 Å². The molecule has 1 saturated heterocycles. The lowest BCUT2D eigenvalue weighted by atomic mass is 9.97. The van der Waals surface area contributed by atoms with Crippen LogP contribution in [0.4, 0.5) is 4.79 Å². The predicted octanol–water partition coefficient (Wildman–Crippen LogP) is 1.13. The minimum absolute atomic E-state index is 0.227. The monoisotopic (exact) mass is 285 g/mol. The summed E-state index contributed by atoms with van der Waals surface area (Å²) in [5, 5.41) is 14.4. The molecule has 0 saturated carbocycles. The summed E-state index contributed by atoms with van der Waals surface area (Å²) in [5.41, 5.74) is 0. The van der Waals surface area contributed by atoms with Gasteiger partial charge in [0, 0.05) is 6.54 Å². The number of rotatable bonds is 6. The zero-order valence-corrected chi connectivity index (χ0v) is 12.7. The number of hydrogen-bond donors (Lipinski definition) is 3. The van der Waals surface area contributed by atoms with Gasteiger partial charge in [0.05, 0.1) is 0 Å². The average Bonchev–Trinajstić information content (AvgIpc) is 2.36. The molecule has 2 amide bonds. The van der Waals surface area contributed by atoms with Crippen LogP contribution in [0.1, 0.15) is 33.1 Å². The van der Waals surface area contributed by atoms with Crippen molar-refractivity contribution in [3.05, 3.63) is 0 Å². The number of hydrogen-bond acceptors (Lipinski definition) is 3. The van der Waals surface area contributed by atoms with Crippen LogP contribution in [-0.4, -0.2) is 54.7 Å². The third-order valence-electron chi connectivity index (χ3n) is 3.70. The molecule has 20 heavy (non-hydrogen) atoms. The van der Waals surface area contributed by atoms with E-state index in [4.69, 9.17) is 5.11 Å². The Labute approximate surface area is 120 Å². The molecular weight excluding hydrogens is 258 g/mol. The number of piperidine rings is 1. The van der Waals surface area contributed by atoms with E-state index in [2.05, 4.69) is 22.6 Å². The molecular formula is C14H27N3O3. The van der Waals surface area contributed by atoms with E-state index in [1.165, 1.54) is 0 Å². The summed E-state index contributed by atoms with van der Waals surface area (Å²) in [6.45, 7) is 6.61. The standard InChI is InChI=1S/C14H27N3O3/c1-10(2)8-12(13(18)19)16-14(20)15-9-11-4-6-17(3)7-5-11/h10-12H,4-9H2,1-3H3,(H,18,19)(H2,15,16,20)/t12-/m1/s1. The SMILES string of the molecule is CC(C)C[C@@H](NC(=O)NCC1CCN(C)CC1)C(=O)O. The van der Waals surface area contributed by atoms with Crippen molar-refractivity contribution in [2.75, 3.05) is 26.7 Å². The molecule has 0 aliphatic carbocycles. The lowest BCUT2D eigenvalue weighted by Crippen LogP contribution is -2.48. The Kier molecular flexibility index (Phi) is 6.78. The predicted molar refractivity (Wildman–Crippen MR) is 77.6 cm³/mol. The number of carbonyl (C=O) groups excluding carboxylic acids is 1. The van der Waals surface area contributed by atoms with E-state index in [9.17, 15) is 9.59 Å². The Balaban J connectivity index is 2.29. The molecule has 116 valence electrons. The van der Waals surface area contributed by atoms with Crippen LogP contribution in [0.5, 0.6) is 0 Å². The summed E-state index contributed by atoms with van der Waals surface area (Å²) in [5.74, 6) is -0.260. The van der Waals surface area contributed by atoms with E-state index in [1.54, 1.807) is 0 Å². The van der Waals surface area contributed by atoms with Crippen molar-refractivity contribution in [3.8, 4) is 0 Å². The van der Waals surface area contributed by atoms with Crippen LogP contribution >= 0.6 is 0 Å². The van der Waals surface area contributed by atoms with Crippen molar-refractivity contribution in [1.29, 1.82) is 0 Å². The Bertz CT molecular complexity index is 326. The lowest BCUT2D eigenvalue weighted by molar-refractivity contribution is -0.139. The van der Waals surface area contributed by atoms with Gasteiger partial charge in [-0.1, -0.05) is 13.8 Å². The number of nitrogens with zero attached hydrogens (tertiary/aromatic N) is 1. The third kappa shape index (κ3) is 6.23. The van der Waals surface area contributed by atoms with E-state index in [0.29, 0.717) is 18.9 Å². The normalized spacial score (nSPS) is 18.8. The maximum Gasteiger partial charge on any atom is 0.326 e. The van der Waals surface area contributed by atoms with Crippen LogP contribution in [0.2, 0.25) is 0 Å². The van der Waals surface area contributed by atoms with Gasteiger partial charge in [-0.3, -0.25) is 0 Å². The van der Waals surface area contributed by atoms with Gasteiger partial charge in [-0.25, -0.2) is 9.59 Å². The molecule has 0 bridgehead atoms. The smallest absolute Gasteiger partial charge is 0.326 e. The van der Waals surface area contributed by atoms with Crippen LogP contribution in [0, 0.1) is 11.8 Å². The minimum Gasteiger partial charge on any atom is -0.480 e. The zero-order chi connectivity index (χ0) is 15.1. The Morgan fingerprint density at radius 1 is 1.30 bits per heavy atom. The van der Waals surface area contributed by atoms with Crippen LogP contribution < -0.4 is 10.6 Å². The first-order valence-electron chi connectivity index (χ1n) is 7.34. The fourth-order valence-corrected chi connectivity index (χ4v) is 2.41. The minimum atomic E-state index is -0.979. The molecule has 3 N–H and O–H groups in total. The highest BCUT2D eigenvalue weighted by Gasteiger charge is 2.22. The second-order valence-electron chi connectivity index (χ2n) is 6.12. The van der Waals surface area contributed by atoms with E-state index < -0.39 is 12.0 Å². The fraction of sp³-hybridized carbons (Fsp3) is 0.857. The number of urea groups is 1. The van der Waals surface area contributed by atoms with Gasteiger partial charge in [-0.15, -0.1) is 0 Å². The fourth-order valence-electron chi connectivity index (χ4n) is 2.41. The van der Waals surface area contributed by atoms with Crippen molar-refractivity contribution in [2.24, 2.45) is 11.8 Å². The summed E-state index contributed by atoms with van der Waals surface area (Å²) >= 11 is 0. The molecule has 0 radical (unpaired) electrons. The first-order chi connectivity index (χ1) is 9.38. The van der Waals surface area contributed by atoms with Gasteiger partial charge in [-0.05, 0) is 51.2 Å². The quantitative estimate of drug-likeness (QED) is 0.683. The van der Waals surface area contributed by atoms with E-state index in [-0.39, 0.29) is 11.9 Å². The van der Waals surface area contributed by atoms with Gasteiger partial charge < -0.3 is 20.6 Å². The van der Waals surface area contributed by atoms with Crippen LogP contribution in [0.15, 0.2) is 0 Å². The molecule has 6 heteroatoms. The number of nitrogens with one attached hydrogen (secondary N) is 2. The first-order valence-corrected chi connectivity index (χ1v) is 7.34. The molecule has 1 fully saturated rings. The first kappa shape index (κ1) is 16.8. The average molecular weight is 285 g/mol. The molecule has 1 heterocycles. The zero-order valence-electron chi connectivity index (χ0n) is 12.7. The van der Waals surface area contributed by atoms with Gasteiger partial charge in [0.25, 0.3) is 0 Å². The molecule has 0 aromatic carbocycles. The number of likely N-dealkylation sites (tertiary alicyclic amines) is 1. The summed E-state index contributed by atoms with van der Waals surface area (Å²) in [4.78, 5) is 25.1. The number of carboxylic acids is 1. The molecule has 1 rings (SSSR count). The second kappa shape index (κ2) is 8.09. The van der Waals surface area contributed by atoms with E-state index in [0.717, 1.165) is 25.9 Å². The lowest BCUT2D eigenvalue weighted by Gasteiger charge is -2.29. The molecule has 1 aliphatic heterocycles. The van der Waals surface area contributed by atoms with Crippen molar-refractivity contribution in [3.63, 3.8) is 0 Å². The second-order valence-corrected chi connectivity index (χ2v) is 6.12. The van der Waals surface area contributed by atoms with Gasteiger partial charge >= 0.3 is 12.0 Å². The van der Waals surface area contributed by atoms with Crippen LogP contribution in [-0.2, 0) is 4.79 Å². The molecule has 6 nitrogen and oxygen atoms in total. The van der Waals surface area contributed by atoms with Crippen molar-refractivity contribution < 1.29 is 14.7 Å². The molecule has 0 spiro atoms. The summed E-state index contributed by atoms with van der Waals surface area (Å²) in [6.07, 6.45) is 2.59. The van der Waals surface area contributed by atoms with Crippen LogP contribution in [0.25, 0.3) is 0 Å². The van der Waals surface area contributed by atoms with Crippen LogP contribution in [0.3, 0.4) is 0 Å². The number of amides is 2. The Morgan fingerprint density at radius 2 is 1.90 bits per heavy atom. The summed E-state index contributed by atoms with van der Waals surface area (Å²) < 4.78 is 0. The topological polar surface area (TPSA) is 81.7 Å². The number of carboxylic acid groups (broad SMARTS) is 1. The summed E-state index contributed by atoms with van der Waals surface area (Å²) in [6, 6.07) is -1.19. The van der Waals surface area contributed by atoms with E-state index in [1.807, 2.05) is 13.8 Å². The van der Waals surface area contributed by atoms with Gasteiger partial charge in [0.1, 0.15) is 6.04 Å². The number of carbonyl (C=O) groups is 2. The summed E-state index contributed by atoms with van der Waals surface area (Å²) in [7, 11) is 2.10. The van der Waals surface area contributed by atoms with Gasteiger partial charge in [0.15, 0.2) is 0 Å². The molecule has 1 atom stereocenters. The van der Waals surface area contributed by atoms with Gasteiger partial charge in [0.2, 0.25) is 0 Å². The molecule has 0 aromatic heterocycles. The maximum atomic E-state index is 11.8. The highest BCUT2D eigenvalue weighted by molar-refractivity contribution is 5.82. The van der Waals surface area contributed by atoms with Crippen molar-refractivity contribution >= 4 is 12.0 Å². The molecule has 1 aliphatic rings. The molecule has 0 aromatic rings. The largest absolute Gasteiger partial charge is 0.480 e. The molecule has 0 unspecified atom stereocenters. The van der Waals surface area contributed by atoms with Crippen molar-refractivity contribution in [2.45, 2.75) is 39.2 Å². The number of aliphatic carboxylic acids is 1. The van der Waals surface area contributed by atoms with Gasteiger partial charge in [-0.2, -0.15) is 0 Å². The highest BCUT2D eigenvalue weighted by Crippen LogP contribution is 2.14. The van der Waals surface area contributed by atoms with Crippen molar-refractivity contribution in [1.82, 2.24) is 15.5 Å².